The maximum atomic E-state index is 6.03. The summed E-state index contributed by atoms with van der Waals surface area (Å²) < 4.78 is 12.3. The molecule has 0 amide bonds. The Balaban J connectivity index is 0.00000147. The van der Waals surface area contributed by atoms with E-state index in [1.165, 1.54) is 12.0 Å². The number of ether oxygens (including phenoxy) is 2. The molecular formula is C14H20BrClN2O2. The van der Waals surface area contributed by atoms with E-state index in [1.54, 1.807) is 0 Å². The van der Waals surface area contributed by atoms with Gasteiger partial charge in [0, 0.05) is 23.6 Å². The lowest BCUT2D eigenvalue weighted by atomic mass is 10.1. The van der Waals surface area contributed by atoms with Crippen molar-refractivity contribution in [2.75, 3.05) is 26.3 Å². The minimum Gasteiger partial charge on any atom is -0.486 e. The van der Waals surface area contributed by atoms with E-state index in [-0.39, 0.29) is 12.4 Å². The van der Waals surface area contributed by atoms with Gasteiger partial charge in [-0.25, -0.2) is 0 Å². The fourth-order valence-corrected chi connectivity index (χ4v) is 3.15. The largest absolute Gasteiger partial charge is 0.486 e. The molecule has 1 atom stereocenters. The standard InChI is InChI=1S/C14H19BrN2O2.ClH/c15-12-7-14-13(18-4-5-19-14)6-10(12)8-17-3-1-2-11(16)9-17;/h6-7,11H,1-5,8-9,16H2;1H. The Hall–Kier alpha value is -0.490. The third kappa shape index (κ3) is 3.58. The molecule has 0 bridgehead atoms. The van der Waals surface area contributed by atoms with E-state index in [2.05, 4.69) is 26.9 Å². The first kappa shape index (κ1) is 15.9. The van der Waals surface area contributed by atoms with Crippen LogP contribution in [-0.4, -0.2) is 37.2 Å². The number of rotatable bonds is 2. The summed E-state index contributed by atoms with van der Waals surface area (Å²) in [6.45, 7) is 4.25. The summed E-state index contributed by atoms with van der Waals surface area (Å²) in [6, 6.07) is 4.40. The molecule has 1 unspecified atom stereocenters. The molecule has 2 N–H and O–H groups in total. The SMILES string of the molecule is Cl.NC1CCCN(Cc2cc3c(cc2Br)OCCO3)C1. The van der Waals surface area contributed by atoms with Crippen LogP contribution >= 0.6 is 28.3 Å². The van der Waals surface area contributed by atoms with Crippen LogP contribution < -0.4 is 15.2 Å². The average molecular weight is 364 g/mol. The van der Waals surface area contributed by atoms with Gasteiger partial charge in [0.25, 0.3) is 0 Å². The molecule has 20 heavy (non-hydrogen) atoms. The number of piperidine rings is 1. The van der Waals surface area contributed by atoms with E-state index in [9.17, 15) is 0 Å². The first-order valence-corrected chi connectivity index (χ1v) is 7.57. The molecule has 0 radical (unpaired) electrons. The lowest BCUT2D eigenvalue weighted by molar-refractivity contribution is 0.170. The van der Waals surface area contributed by atoms with Crippen LogP contribution in [0.15, 0.2) is 16.6 Å². The van der Waals surface area contributed by atoms with Gasteiger partial charge in [-0.05, 0) is 37.1 Å². The van der Waals surface area contributed by atoms with Crippen molar-refractivity contribution in [3.05, 3.63) is 22.2 Å². The predicted molar refractivity (Wildman–Crippen MR) is 84.9 cm³/mol. The number of likely N-dealkylation sites (tertiary alicyclic amines) is 1. The molecule has 2 heterocycles. The number of hydrogen-bond donors (Lipinski definition) is 1. The smallest absolute Gasteiger partial charge is 0.162 e. The Labute approximate surface area is 134 Å². The second-order valence-electron chi connectivity index (χ2n) is 5.22. The van der Waals surface area contributed by atoms with Crippen LogP contribution in [0.2, 0.25) is 0 Å². The lowest BCUT2D eigenvalue weighted by Gasteiger charge is -2.31. The van der Waals surface area contributed by atoms with Gasteiger partial charge in [0.05, 0.1) is 0 Å². The molecule has 1 aromatic carbocycles. The van der Waals surface area contributed by atoms with E-state index < -0.39 is 0 Å². The number of hydrogen-bond acceptors (Lipinski definition) is 4. The van der Waals surface area contributed by atoms with Crippen molar-refractivity contribution >= 4 is 28.3 Å². The first-order chi connectivity index (χ1) is 9.22. The van der Waals surface area contributed by atoms with Crippen LogP contribution in [0.4, 0.5) is 0 Å². The highest BCUT2D eigenvalue weighted by Gasteiger charge is 2.20. The monoisotopic (exact) mass is 362 g/mol. The molecule has 0 saturated carbocycles. The van der Waals surface area contributed by atoms with Crippen LogP contribution in [0.3, 0.4) is 0 Å². The fourth-order valence-electron chi connectivity index (χ4n) is 2.70. The Kier molecular flexibility index (Phi) is 5.55. The van der Waals surface area contributed by atoms with Crippen molar-refractivity contribution < 1.29 is 9.47 Å². The highest BCUT2D eigenvalue weighted by atomic mass is 79.9. The maximum Gasteiger partial charge on any atom is 0.162 e. The van der Waals surface area contributed by atoms with E-state index in [1.807, 2.05) is 6.07 Å². The van der Waals surface area contributed by atoms with E-state index in [4.69, 9.17) is 15.2 Å². The third-order valence-electron chi connectivity index (χ3n) is 3.65. The van der Waals surface area contributed by atoms with Gasteiger partial charge in [0.1, 0.15) is 13.2 Å². The molecule has 0 aliphatic carbocycles. The molecule has 0 spiro atoms. The normalized spacial score (nSPS) is 22.2. The van der Waals surface area contributed by atoms with Gasteiger partial charge in [-0.15, -0.1) is 12.4 Å². The van der Waals surface area contributed by atoms with Crippen molar-refractivity contribution in [3.63, 3.8) is 0 Å². The Bertz CT molecular complexity index is 473. The number of fused-ring (bicyclic) bond motifs is 1. The molecule has 1 saturated heterocycles. The highest BCUT2D eigenvalue weighted by Crippen LogP contribution is 2.36. The second kappa shape index (κ2) is 6.98. The van der Waals surface area contributed by atoms with Crippen LogP contribution in [-0.2, 0) is 6.54 Å². The van der Waals surface area contributed by atoms with Gasteiger partial charge in [0.15, 0.2) is 11.5 Å². The number of halogens is 2. The summed E-state index contributed by atoms with van der Waals surface area (Å²) in [5, 5.41) is 0. The zero-order valence-corrected chi connectivity index (χ0v) is 13.7. The summed E-state index contributed by atoms with van der Waals surface area (Å²) >= 11 is 3.62. The van der Waals surface area contributed by atoms with Crippen molar-refractivity contribution in [1.29, 1.82) is 0 Å². The van der Waals surface area contributed by atoms with Crippen LogP contribution in [0.1, 0.15) is 18.4 Å². The van der Waals surface area contributed by atoms with Crippen molar-refractivity contribution in [2.24, 2.45) is 5.73 Å². The summed E-state index contributed by atoms with van der Waals surface area (Å²) in [5.41, 5.74) is 7.26. The van der Waals surface area contributed by atoms with Crippen LogP contribution in [0.5, 0.6) is 11.5 Å². The van der Waals surface area contributed by atoms with E-state index in [0.717, 1.165) is 42.0 Å². The van der Waals surface area contributed by atoms with Crippen LogP contribution in [0.25, 0.3) is 0 Å². The number of nitrogens with two attached hydrogens (primary N) is 1. The minimum absolute atomic E-state index is 0. The topological polar surface area (TPSA) is 47.7 Å². The van der Waals surface area contributed by atoms with Crippen LogP contribution in [0, 0.1) is 0 Å². The Morgan fingerprint density at radius 2 is 1.95 bits per heavy atom. The predicted octanol–water partition coefficient (Wildman–Crippen LogP) is 2.57. The molecule has 1 fully saturated rings. The number of nitrogens with zero attached hydrogens (tertiary/aromatic N) is 1. The average Bonchev–Trinajstić information content (AvgIpc) is 2.40. The summed E-state index contributed by atoms with van der Waals surface area (Å²) in [6.07, 6.45) is 2.32. The summed E-state index contributed by atoms with van der Waals surface area (Å²) in [5.74, 6) is 1.68. The third-order valence-corrected chi connectivity index (χ3v) is 4.39. The lowest BCUT2D eigenvalue weighted by Crippen LogP contribution is -2.42. The van der Waals surface area contributed by atoms with Crippen molar-refractivity contribution in [1.82, 2.24) is 4.90 Å². The maximum absolute atomic E-state index is 6.03. The molecular weight excluding hydrogens is 344 g/mol. The molecule has 2 aliphatic heterocycles. The summed E-state index contributed by atoms with van der Waals surface area (Å²) in [7, 11) is 0. The first-order valence-electron chi connectivity index (χ1n) is 6.78. The van der Waals surface area contributed by atoms with Gasteiger partial charge in [-0.2, -0.15) is 0 Å². The van der Waals surface area contributed by atoms with Crippen molar-refractivity contribution in [3.8, 4) is 11.5 Å². The van der Waals surface area contributed by atoms with E-state index in [0.29, 0.717) is 19.3 Å². The van der Waals surface area contributed by atoms with Gasteiger partial charge < -0.3 is 15.2 Å². The van der Waals surface area contributed by atoms with Crippen molar-refractivity contribution in [2.45, 2.75) is 25.4 Å². The van der Waals surface area contributed by atoms with Gasteiger partial charge in [-0.3, -0.25) is 4.90 Å². The highest BCUT2D eigenvalue weighted by molar-refractivity contribution is 9.10. The molecule has 2 aliphatic rings. The zero-order valence-electron chi connectivity index (χ0n) is 11.3. The Morgan fingerprint density at radius 3 is 2.65 bits per heavy atom. The number of benzene rings is 1. The second-order valence-corrected chi connectivity index (χ2v) is 6.08. The zero-order chi connectivity index (χ0) is 13.2. The van der Waals surface area contributed by atoms with Gasteiger partial charge in [-0.1, -0.05) is 15.9 Å². The Morgan fingerprint density at radius 1 is 1.25 bits per heavy atom. The van der Waals surface area contributed by atoms with Gasteiger partial charge in [0.2, 0.25) is 0 Å². The summed E-state index contributed by atoms with van der Waals surface area (Å²) in [4.78, 5) is 2.41. The molecule has 1 aromatic rings. The molecule has 4 nitrogen and oxygen atoms in total. The fraction of sp³-hybridized carbons (Fsp3) is 0.571. The quantitative estimate of drug-likeness (QED) is 0.877. The van der Waals surface area contributed by atoms with E-state index >= 15 is 0 Å². The minimum atomic E-state index is 0. The molecule has 112 valence electrons. The molecule has 3 rings (SSSR count). The van der Waals surface area contributed by atoms with Gasteiger partial charge >= 0.3 is 0 Å². The molecule has 6 heteroatoms. The molecule has 0 aromatic heterocycles.